The van der Waals surface area contributed by atoms with Crippen LogP contribution in [0.3, 0.4) is 0 Å². The molecular weight excluding hydrogens is 226 g/mol. The number of halogens is 5. The monoisotopic (exact) mass is 227 g/mol. The first kappa shape index (κ1) is 10.8. The second-order valence-corrected chi connectivity index (χ2v) is 2.59. The molecule has 14 heavy (non-hydrogen) atoms. The van der Waals surface area contributed by atoms with E-state index in [4.69, 9.17) is 11.6 Å². The summed E-state index contributed by atoms with van der Waals surface area (Å²) in [5.74, 6) is -6.66. The van der Waals surface area contributed by atoms with Gasteiger partial charge >= 0.3 is 5.37 Å². The molecule has 2 nitrogen and oxygen atoms in total. The molecule has 0 heterocycles. The van der Waals surface area contributed by atoms with Crippen LogP contribution < -0.4 is 5.32 Å². The van der Waals surface area contributed by atoms with E-state index < -0.39 is 34.3 Å². The molecular formula is C7H2ClF4NO. The van der Waals surface area contributed by atoms with Crippen LogP contribution >= 0.6 is 11.6 Å². The lowest BCUT2D eigenvalue weighted by Crippen LogP contribution is -2.08. The summed E-state index contributed by atoms with van der Waals surface area (Å²) in [4.78, 5) is 10.2. The predicted octanol–water partition coefficient (Wildman–Crippen LogP) is 3.01. The van der Waals surface area contributed by atoms with E-state index in [9.17, 15) is 22.4 Å². The minimum atomic E-state index is -1.71. The molecule has 0 aliphatic heterocycles. The molecule has 0 aliphatic carbocycles. The van der Waals surface area contributed by atoms with E-state index in [-0.39, 0.29) is 6.07 Å². The third-order valence-electron chi connectivity index (χ3n) is 1.34. The molecule has 0 aliphatic rings. The van der Waals surface area contributed by atoms with Crippen LogP contribution in [0.2, 0.25) is 0 Å². The van der Waals surface area contributed by atoms with Gasteiger partial charge in [0.25, 0.3) is 0 Å². The minimum Gasteiger partial charge on any atom is -0.307 e. The van der Waals surface area contributed by atoms with Crippen LogP contribution in [0.1, 0.15) is 0 Å². The van der Waals surface area contributed by atoms with Gasteiger partial charge in [-0.3, -0.25) is 4.79 Å². The molecule has 0 bridgehead atoms. The zero-order chi connectivity index (χ0) is 10.9. The quantitative estimate of drug-likeness (QED) is 0.340. The molecule has 0 aromatic heterocycles. The van der Waals surface area contributed by atoms with Gasteiger partial charge in [0.15, 0.2) is 23.3 Å². The van der Waals surface area contributed by atoms with Crippen LogP contribution in [0.4, 0.5) is 28.0 Å². The summed E-state index contributed by atoms with van der Waals surface area (Å²) in [5.41, 5.74) is -1.25. The van der Waals surface area contributed by atoms with Crippen LogP contribution in [-0.4, -0.2) is 5.37 Å². The van der Waals surface area contributed by atoms with Crippen molar-refractivity contribution in [3.63, 3.8) is 0 Å². The summed E-state index contributed by atoms with van der Waals surface area (Å²) in [7, 11) is 0. The van der Waals surface area contributed by atoms with Crippen molar-refractivity contribution in [3.8, 4) is 0 Å². The van der Waals surface area contributed by atoms with E-state index in [0.717, 1.165) is 0 Å². The molecule has 0 unspecified atom stereocenters. The van der Waals surface area contributed by atoms with E-state index in [1.165, 1.54) is 5.32 Å². The lowest BCUT2D eigenvalue weighted by molar-refractivity contribution is 0.268. The fraction of sp³-hybridized carbons (Fsp3) is 0. The van der Waals surface area contributed by atoms with Gasteiger partial charge in [-0.15, -0.1) is 0 Å². The highest BCUT2D eigenvalue weighted by atomic mass is 35.5. The molecule has 0 saturated heterocycles. The fourth-order valence-corrected chi connectivity index (χ4v) is 0.876. The molecule has 1 amide bonds. The van der Waals surface area contributed by atoms with Crippen molar-refractivity contribution in [3.05, 3.63) is 29.3 Å². The van der Waals surface area contributed by atoms with Gasteiger partial charge in [0.1, 0.15) is 5.69 Å². The Morgan fingerprint density at radius 1 is 1.14 bits per heavy atom. The third kappa shape index (κ3) is 1.95. The highest BCUT2D eigenvalue weighted by Crippen LogP contribution is 2.24. The standard InChI is InChI=1S/C7H2ClF4NO/c8-7(14)13-6-4(11)2(9)1-3(10)5(6)12/h1H,(H,13,14). The SMILES string of the molecule is O=C(Cl)Nc1c(F)c(F)cc(F)c1F. The van der Waals surface area contributed by atoms with E-state index in [1.807, 2.05) is 0 Å². The molecule has 1 N–H and O–H groups in total. The maximum Gasteiger partial charge on any atom is 0.318 e. The predicted molar refractivity (Wildman–Crippen MR) is 41.1 cm³/mol. The lowest BCUT2D eigenvalue weighted by atomic mass is 10.2. The summed E-state index contributed by atoms with van der Waals surface area (Å²) in [6.07, 6.45) is 0. The van der Waals surface area contributed by atoms with Crippen molar-refractivity contribution in [2.45, 2.75) is 0 Å². The number of carbonyl (C=O) groups excluding carboxylic acids is 1. The van der Waals surface area contributed by atoms with Crippen molar-refractivity contribution >= 4 is 22.7 Å². The van der Waals surface area contributed by atoms with Gasteiger partial charge in [0.05, 0.1) is 0 Å². The van der Waals surface area contributed by atoms with Gasteiger partial charge in [-0.2, -0.15) is 0 Å². The molecule has 1 aromatic carbocycles. The second kappa shape index (κ2) is 3.83. The largest absolute Gasteiger partial charge is 0.318 e. The first-order chi connectivity index (χ1) is 6.43. The second-order valence-electron chi connectivity index (χ2n) is 2.24. The van der Waals surface area contributed by atoms with Crippen molar-refractivity contribution in [2.24, 2.45) is 0 Å². The van der Waals surface area contributed by atoms with E-state index in [1.54, 1.807) is 0 Å². The number of benzene rings is 1. The Morgan fingerprint density at radius 3 is 1.93 bits per heavy atom. The van der Waals surface area contributed by atoms with E-state index in [2.05, 4.69) is 0 Å². The number of hydrogen-bond acceptors (Lipinski definition) is 1. The normalized spacial score (nSPS) is 10.1. The molecule has 0 atom stereocenters. The third-order valence-corrected chi connectivity index (χ3v) is 1.43. The van der Waals surface area contributed by atoms with Crippen molar-refractivity contribution in [1.29, 1.82) is 0 Å². The topological polar surface area (TPSA) is 29.1 Å². The molecule has 0 fully saturated rings. The maximum atomic E-state index is 12.7. The molecule has 1 aromatic rings. The molecule has 76 valence electrons. The smallest absolute Gasteiger partial charge is 0.307 e. The van der Waals surface area contributed by atoms with Gasteiger partial charge in [0, 0.05) is 6.07 Å². The minimum absolute atomic E-state index is 0.0224. The Morgan fingerprint density at radius 2 is 1.57 bits per heavy atom. The molecule has 0 saturated carbocycles. The Labute approximate surface area is 80.5 Å². The van der Waals surface area contributed by atoms with Gasteiger partial charge in [-0.25, -0.2) is 17.6 Å². The molecule has 1 rings (SSSR count). The summed E-state index contributed by atoms with van der Waals surface area (Å²) < 4.78 is 50.5. The van der Waals surface area contributed by atoms with Gasteiger partial charge in [-0.1, -0.05) is 0 Å². The summed E-state index contributed by atoms with van der Waals surface area (Å²) in [5, 5.41) is 0.0656. The van der Waals surface area contributed by atoms with Crippen LogP contribution in [-0.2, 0) is 0 Å². The Bertz CT molecular complexity index is 370. The zero-order valence-corrected chi connectivity index (χ0v) is 7.13. The van der Waals surface area contributed by atoms with Crippen LogP contribution in [0, 0.1) is 23.3 Å². The van der Waals surface area contributed by atoms with Crippen molar-refractivity contribution in [1.82, 2.24) is 0 Å². The fourth-order valence-electron chi connectivity index (χ4n) is 0.781. The average molecular weight is 228 g/mol. The van der Waals surface area contributed by atoms with Crippen molar-refractivity contribution in [2.75, 3.05) is 5.32 Å². The molecule has 7 heteroatoms. The van der Waals surface area contributed by atoms with Crippen LogP contribution in [0.15, 0.2) is 6.07 Å². The van der Waals surface area contributed by atoms with E-state index >= 15 is 0 Å². The average Bonchev–Trinajstić information content (AvgIpc) is 2.09. The summed E-state index contributed by atoms with van der Waals surface area (Å²) >= 11 is 4.73. The number of amides is 1. The lowest BCUT2D eigenvalue weighted by Gasteiger charge is -2.05. The van der Waals surface area contributed by atoms with Crippen LogP contribution in [0.25, 0.3) is 0 Å². The molecule has 0 radical (unpaired) electrons. The number of carbonyl (C=O) groups is 1. The number of rotatable bonds is 1. The first-order valence-corrected chi connectivity index (χ1v) is 3.60. The van der Waals surface area contributed by atoms with E-state index in [0.29, 0.717) is 0 Å². The van der Waals surface area contributed by atoms with Crippen molar-refractivity contribution < 1.29 is 22.4 Å². The van der Waals surface area contributed by atoms with Crippen LogP contribution in [0.5, 0.6) is 0 Å². The number of anilines is 1. The van der Waals surface area contributed by atoms with Gasteiger partial charge < -0.3 is 5.32 Å². The summed E-state index contributed by atoms with van der Waals surface area (Å²) in [6.45, 7) is 0. The zero-order valence-electron chi connectivity index (χ0n) is 6.38. The highest BCUT2D eigenvalue weighted by Gasteiger charge is 2.19. The highest BCUT2D eigenvalue weighted by molar-refractivity contribution is 6.65. The maximum absolute atomic E-state index is 12.7. The number of hydrogen-bond donors (Lipinski definition) is 1. The first-order valence-electron chi connectivity index (χ1n) is 3.23. The van der Waals surface area contributed by atoms with Gasteiger partial charge in [-0.05, 0) is 11.6 Å². The summed E-state index contributed by atoms with van der Waals surface area (Å²) in [6, 6.07) is 0.0224. The Kier molecular flexibility index (Phi) is 2.95. The Balaban J connectivity index is 3.31. The number of nitrogens with one attached hydrogen (secondary N) is 1. The molecule has 0 spiro atoms. The van der Waals surface area contributed by atoms with Gasteiger partial charge in [0.2, 0.25) is 0 Å². The Hall–Kier alpha value is -1.30.